The second-order valence-corrected chi connectivity index (χ2v) is 2.44. The van der Waals surface area contributed by atoms with E-state index >= 15 is 0 Å². The number of nitrogens with one attached hydrogen (secondary N) is 2. The molecule has 0 aromatic rings. The van der Waals surface area contributed by atoms with Crippen LogP contribution in [0.3, 0.4) is 0 Å². The van der Waals surface area contributed by atoms with E-state index in [2.05, 4.69) is 10.7 Å². The van der Waals surface area contributed by atoms with Gasteiger partial charge in [-0.25, -0.2) is 4.79 Å². The fraction of sp³-hybridized carbons (Fsp3) is 0.800. The van der Waals surface area contributed by atoms with Crippen LogP contribution in [0.2, 0.25) is 0 Å². The largest absolute Gasteiger partial charge is 0.360 e. The van der Waals surface area contributed by atoms with E-state index in [1.807, 2.05) is 13.8 Å². The highest BCUT2D eigenvalue weighted by atomic mass is 16.3. The molecule has 58 valence electrons. The van der Waals surface area contributed by atoms with Crippen molar-refractivity contribution in [1.82, 2.24) is 15.8 Å². The van der Waals surface area contributed by atoms with E-state index in [4.69, 9.17) is 5.11 Å². The Morgan fingerprint density at radius 3 is 2.50 bits per heavy atom. The minimum absolute atomic E-state index is 0.0529. The summed E-state index contributed by atoms with van der Waals surface area (Å²) in [6.45, 7) is 3.70. The normalized spacial score (nSPS) is 25.8. The lowest BCUT2D eigenvalue weighted by molar-refractivity contribution is 0.0848. The lowest BCUT2D eigenvalue weighted by Gasteiger charge is -2.17. The molecule has 1 rings (SSSR count). The van der Waals surface area contributed by atoms with Crippen LogP contribution in [-0.4, -0.2) is 28.5 Å². The van der Waals surface area contributed by atoms with Crippen molar-refractivity contribution in [3.63, 3.8) is 0 Å². The van der Waals surface area contributed by atoms with Crippen molar-refractivity contribution in [3.8, 4) is 0 Å². The molecule has 0 saturated carbocycles. The van der Waals surface area contributed by atoms with Crippen molar-refractivity contribution >= 4 is 6.03 Å². The molecule has 0 aliphatic carbocycles. The number of hydrazine groups is 1. The summed E-state index contributed by atoms with van der Waals surface area (Å²) >= 11 is 0. The average Bonchev–Trinajstić information content (AvgIpc) is 2.10. The summed E-state index contributed by atoms with van der Waals surface area (Å²) in [5.74, 6) is 0. The molecule has 1 saturated heterocycles. The number of aliphatic hydroxyl groups is 1. The smallest absolute Gasteiger partial charge is 0.335 e. The Bertz CT molecular complexity index is 148. The maximum atomic E-state index is 10.8. The number of hydrogen-bond donors (Lipinski definition) is 3. The van der Waals surface area contributed by atoms with Crippen molar-refractivity contribution < 1.29 is 9.90 Å². The van der Waals surface area contributed by atoms with Gasteiger partial charge in [-0.15, -0.1) is 0 Å². The van der Waals surface area contributed by atoms with Gasteiger partial charge in [0, 0.05) is 6.04 Å². The van der Waals surface area contributed by atoms with Crippen LogP contribution in [0.25, 0.3) is 0 Å². The first-order chi connectivity index (χ1) is 4.61. The molecule has 1 aliphatic heterocycles. The third-order valence-corrected chi connectivity index (χ3v) is 1.26. The van der Waals surface area contributed by atoms with E-state index in [1.54, 1.807) is 0 Å². The molecule has 1 aliphatic rings. The van der Waals surface area contributed by atoms with Gasteiger partial charge < -0.3 is 5.11 Å². The zero-order valence-corrected chi connectivity index (χ0v) is 5.96. The summed E-state index contributed by atoms with van der Waals surface area (Å²) < 4.78 is 0. The van der Waals surface area contributed by atoms with E-state index in [0.29, 0.717) is 0 Å². The molecule has 2 amide bonds. The minimum Gasteiger partial charge on any atom is -0.360 e. The van der Waals surface area contributed by atoms with E-state index in [9.17, 15) is 4.79 Å². The molecule has 0 bridgehead atoms. The predicted octanol–water partition coefficient (Wildman–Crippen LogP) is -0.800. The molecule has 5 heteroatoms. The van der Waals surface area contributed by atoms with Crippen molar-refractivity contribution in [2.75, 3.05) is 0 Å². The van der Waals surface area contributed by atoms with Crippen LogP contribution in [0.5, 0.6) is 0 Å². The molecule has 1 unspecified atom stereocenters. The number of urea groups is 1. The lowest BCUT2D eigenvalue weighted by atomic mass is 10.4. The molecule has 5 nitrogen and oxygen atoms in total. The second kappa shape index (κ2) is 2.43. The van der Waals surface area contributed by atoms with Crippen molar-refractivity contribution in [2.24, 2.45) is 0 Å². The average molecular weight is 145 g/mol. The van der Waals surface area contributed by atoms with Gasteiger partial charge in [-0.1, -0.05) is 0 Å². The number of aliphatic hydroxyl groups excluding tert-OH is 1. The molecule has 3 N–H and O–H groups in total. The van der Waals surface area contributed by atoms with Gasteiger partial charge in [-0.2, -0.15) is 5.43 Å². The maximum absolute atomic E-state index is 10.8. The third kappa shape index (κ3) is 1.19. The molecular weight excluding hydrogens is 134 g/mol. The topological polar surface area (TPSA) is 64.6 Å². The van der Waals surface area contributed by atoms with E-state index in [1.165, 1.54) is 5.01 Å². The molecule has 10 heavy (non-hydrogen) atoms. The van der Waals surface area contributed by atoms with Crippen molar-refractivity contribution in [2.45, 2.75) is 26.2 Å². The number of carbonyl (C=O) groups is 1. The summed E-state index contributed by atoms with van der Waals surface area (Å²) in [6, 6.07) is -0.236. The summed E-state index contributed by atoms with van der Waals surface area (Å²) in [5.41, 5.74) is 2.53. The van der Waals surface area contributed by atoms with Crippen LogP contribution < -0.4 is 10.7 Å². The van der Waals surface area contributed by atoms with Gasteiger partial charge in [0.25, 0.3) is 0 Å². The van der Waals surface area contributed by atoms with Crippen LogP contribution in [0.1, 0.15) is 13.8 Å². The van der Waals surface area contributed by atoms with Gasteiger partial charge in [-0.3, -0.25) is 10.3 Å². The molecule has 1 atom stereocenters. The quantitative estimate of drug-likeness (QED) is 0.452. The highest BCUT2D eigenvalue weighted by Crippen LogP contribution is 1.99. The zero-order valence-electron chi connectivity index (χ0n) is 5.96. The van der Waals surface area contributed by atoms with E-state index < -0.39 is 6.35 Å². The summed E-state index contributed by atoms with van der Waals surface area (Å²) in [6.07, 6.45) is -0.935. The number of amides is 2. The van der Waals surface area contributed by atoms with Crippen molar-refractivity contribution in [3.05, 3.63) is 0 Å². The van der Waals surface area contributed by atoms with Crippen LogP contribution >= 0.6 is 0 Å². The van der Waals surface area contributed by atoms with Crippen LogP contribution in [-0.2, 0) is 0 Å². The highest BCUT2D eigenvalue weighted by Gasteiger charge is 2.27. The Morgan fingerprint density at radius 1 is 1.70 bits per heavy atom. The number of nitrogens with zero attached hydrogens (tertiary/aromatic N) is 1. The van der Waals surface area contributed by atoms with Gasteiger partial charge in [0.1, 0.15) is 0 Å². The Labute approximate surface area is 59.0 Å². The highest BCUT2D eigenvalue weighted by molar-refractivity contribution is 5.75. The third-order valence-electron chi connectivity index (χ3n) is 1.26. The molecule has 0 spiro atoms. The summed E-state index contributed by atoms with van der Waals surface area (Å²) in [7, 11) is 0. The van der Waals surface area contributed by atoms with E-state index in [-0.39, 0.29) is 12.1 Å². The van der Waals surface area contributed by atoms with Gasteiger partial charge in [0.05, 0.1) is 0 Å². The first-order valence-corrected chi connectivity index (χ1v) is 3.15. The standard InChI is InChI=1S/C5H11N3O2/c1-3(2)8-5(10)6-4(9)7-8/h3-4,7,9H,1-2H3,(H,6,10). The maximum Gasteiger partial charge on any atom is 0.335 e. The van der Waals surface area contributed by atoms with Crippen LogP contribution in [0, 0.1) is 0 Å². The molecule has 0 aromatic heterocycles. The van der Waals surface area contributed by atoms with E-state index in [0.717, 1.165) is 0 Å². The van der Waals surface area contributed by atoms with Gasteiger partial charge in [0.2, 0.25) is 6.35 Å². The molecule has 0 radical (unpaired) electrons. The SMILES string of the molecule is CC(C)N1NC(O)NC1=O. The number of carbonyl (C=O) groups excluding carboxylic acids is 1. The molecular formula is C5H11N3O2. The summed E-state index contributed by atoms with van der Waals surface area (Å²) in [4.78, 5) is 10.8. The monoisotopic (exact) mass is 145 g/mol. The van der Waals surface area contributed by atoms with Gasteiger partial charge in [0.15, 0.2) is 0 Å². The molecule has 0 aromatic carbocycles. The zero-order chi connectivity index (χ0) is 7.72. The minimum atomic E-state index is -0.935. The fourth-order valence-electron chi connectivity index (χ4n) is 0.793. The molecule has 1 heterocycles. The Kier molecular flexibility index (Phi) is 1.78. The lowest BCUT2D eigenvalue weighted by Crippen LogP contribution is -2.41. The van der Waals surface area contributed by atoms with Crippen molar-refractivity contribution in [1.29, 1.82) is 0 Å². The first-order valence-electron chi connectivity index (χ1n) is 3.15. The Morgan fingerprint density at radius 2 is 2.30 bits per heavy atom. The van der Waals surface area contributed by atoms with Crippen LogP contribution in [0.15, 0.2) is 0 Å². The van der Waals surface area contributed by atoms with Gasteiger partial charge >= 0.3 is 6.03 Å². The second-order valence-electron chi connectivity index (χ2n) is 2.44. The Balaban J connectivity index is 2.55. The predicted molar refractivity (Wildman–Crippen MR) is 34.6 cm³/mol. The van der Waals surface area contributed by atoms with Crippen LogP contribution in [0.4, 0.5) is 4.79 Å². The Hall–Kier alpha value is -0.810. The number of rotatable bonds is 1. The van der Waals surface area contributed by atoms with Gasteiger partial charge in [-0.05, 0) is 13.8 Å². The fourth-order valence-corrected chi connectivity index (χ4v) is 0.793. The number of hydrogen-bond acceptors (Lipinski definition) is 3. The first kappa shape index (κ1) is 7.30. The summed E-state index contributed by atoms with van der Waals surface area (Å²) in [5, 5.41) is 12.5. The molecule has 1 fully saturated rings.